The lowest BCUT2D eigenvalue weighted by Crippen LogP contribution is -2.08. The van der Waals surface area contributed by atoms with E-state index < -0.39 is 0 Å². The molecular formula is C39H56N2O3. The highest BCUT2D eigenvalue weighted by Crippen LogP contribution is 2.26. The minimum atomic E-state index is -0.155. The maximum Gasteiger partial charge on any atom is 0.311 e. The maximum atomic E-state index is 12.3. The van der Waals surface area contributed by atoms with Crippen molar-refractivity contribution in [3.05, 3.63) is 60.9 Å². The van der Waals surface area contributed by atoms with E-state index in [-0.39, 0.29) is 5.97 Å². The van der Waals surface area contributed by atoms with Crippen LogP contribution in [-0.2, 0) is 4.79 Å². The first kappa shape index (κ1) is 35.3. The zero-order valence-electron chi connectivity index (χ0n) is 27.7. The summed E-state index contributed by atoms with van der Waals surface area (Å²) >= 11 is 0. The lowest BCUT2D eigenvalue weighted by atomic mass is 9.97. The molecule has 5 nitrogen and oxygen atoms in total. The third-order valence-corrected chi connectivity index (χ3v) is 8.34. The molecule has 1 atom stereocenters. The van der Waals surface area contributed by atoms with Crippen LogP contribution in [0, 0.1) is 5.92 Å². The third kappa shape index (κ3) is 14.1. The molecule has 0 saturated heterocycles. The van der Waals surface area contributed by atoms with E-state index in [1.165, 1.54) is 83.5 Å². The zero-order valence-corrected chi connectivity index (χ0v) is 27.7. The molecule has 1 aromatic heterocycles. The quantitative estimate of drug-likeness (QED) is 0.0615. The third-order valence-electron chi connectivity index (χ3n) is 8.34. The molecule has 1 heterocycles. The smallest absolute Gasteiger partial charge is 0.311 e. The first-order chi connectivity index (χ1) is 21.6. The molecule has 0 radical (unpaired) electrons. The number of hydrogen-bond donors (Lipinski definition) is 0. The van der Waals surface area contributed by atoms with Crippen LogP contribution in [0.1, 0.15) is 130 Å². The first-order valence-corrected chi connectivity index (χ1v) is 17.5. The molecule has 0 amide bonds. The molecule has 0 bridgehead atoms. The van der Waals surface area contributed by atoms with Crippen molar-refractivity contribution in [2.45, 2.75) is 130 Å². The predicted octanol–water partition coefficient (Wildman–Crippen LogP) is 11.4. The molecule has 0 saturated carbocycles. The van der Waals surface area contributed by atoms with Gasteiger partial charge in [0.2, 0.25) is 0 Å². The highest BCUT2D eigenvalue weighted by atomic mass is 16.5. The topological polar surface area (TPSA) is 61.3 Å². The van der Waals surface area contributed by atoms with Crippen molar-refractivity contribution in [3.63, 3.8) is 0 Å². The van der Waals surface area contributed by atoms with Crippen molar-refractivity contribution >= 4 is 5.97 Å². The van der Waals surface area contributed by atoms with Crippen LogP contribution < -0.4 is 9.47 Å². The molecule has 3 rings (SSSR count). The van der Waals surface area contributed by atoms with Gasteiger partial charge in [0.25, 0.3) is 0 Å². The van der Waals surface area contributed by atoms with Gasteiger partial charge in [0.05, 0.1) is 19.0 Å². The number of esters is 1. The Morgan fingerprint density at radius 2 is 1.11 bits per heavy atom. The van der Waals surface area contributed by atoms with E-state index >= 15 is 0 Å². The van der Waals surface area contributed by atoms with Crippen molar-refractivity contribution < 1.29 is 14.3 Å². The van der Waals surface area contributed by atoms with Gasteiger partial charge in [0.15, 0.2) is 11.6 Å². The molecular weight excluding hydrogens is 544 g/mol. The van der Waals surface area contributed by atoms with E-state index in [0.717, 1.165) is 41.7 Å². The van der Waals surface area contributed by atoms with Crippen LogP contribution in [0.25, 0.3) is 22.5 Å². The number of rotatable bonds is 23. The fourth-order valence-electron chi connectivity index (χ4n) is 5.51. The summed E-state index contributed by atoms with van der Waals surface area (Å²) in [5.74, 6) is 2.51. The van der Waals surface area contributed by atoms with Crippen molar-refractivity contribution in [2.24, 2.45) is 5.92 Å². The van der Waals surface area contributed by atoms with Crippen LogP contribution in [0.5, 0.6) is 11.5 Å². The molecule has 0 aliphatic rings. The summed E-state index contributed by atoms with van der Waals surface area (Å²) in [5, 5.41) is 0. The maximum absolute atomic E-state index is 12.3. The van der Waals surface area contributed by atoms with Crippen LogP contribution in [0.15, 0.2) is 60.9 Å². The average molecular weight is 601 g/mol. The van der Waals surface area contributed by atoms with Crippen LogP contribution >= 0.6 is 0 Å². The van der Waals surface area contributed by atoms with Crippen LogP contribution in [-0.4, -0.2) is 22.5 Å². The minimum Gasteiger partial charge on any atom is -0.490 e. The highest BCUT2D eigenvalue weighted by molar-refractivity contribution is 5.73. The van der Waals surface area contributed by atoms with Crippen LogP contribution in [0.3, 0.4) is 0 Å². The second kappa shape index (κ2) is 21.5. The molecule has 0 spiro atoms. The Balaban J connectivity index is 1.34. The van der Waals surface area contributed by atoms with E-state index in [9.17, 15) is 4.79 Å². The summed E-state index contributed by atoms with van der Waals surface area (Å²) in [6.07, 6.45) is 24.2. The number of nitrogens with zero attached hydrogens (tertiary/aromatic N) is 2. The molecule has 5 heteroatoms. The van der Waals surface area contributed by atoms with Crippen LogP contribution in [0.2, 0.25) is 0 Å². The number of carbonyl (C=O) groups excluding carboxylic acids is 1. The van der Waals surface area contributed by atoms with Gasteiger partial charge in [0, 0.05) is 12.0 Å². The van der Waals surface area contributed by atoms with Crippen molar-refractivity contribution in [2.75, 3.05) is 6.61 Å². The molecule has 3 aromatic rings. The van der Waals surface area contributed by atoms with Gasteiger partial charge in [0.1, 0.15) is 5.75 Å². The molecule has 2 aromatic carbocycles. The summed E-state index contributed by atoms with van der Waals surface area (Å²) in [7, 11) is 0. The molecule has 0 N–H and O–H groups in total. The van der Waals surface area contributed by atoms with Crippen molar-refractivity contribution in [1.82, 2.24) is 9.97 Å². The number of ether oxygens (including phenoxy) is 2. The highest BCUT2D eigenvalue weighted by Gasteiger charge is 2.09. The Labute approximate surface area is 267 Å². The molecule has 0 aliphatic heterocycles. The van der Waals surface area contributed by atoms with E-state index in [4.69, 9.17) is 9.47 Å². The van der Waals surface area contributed by atoms with Gasteiger partial charge in [-0.25, -0.2) is 9.97 Å². The Morgan fingerprint density at radius 1 is 0.614 bits per heavy atom. The number of carbonyl (C=O) groups is 1. The average Bonchev–Trinajstić information content (AvgIpc) is 3.04. The van der Waals surface area contributed by atoms with Crippen molar-refractivity contribution in [3.8, 4) is 34.0 Å². The van der Waals surface area contributed by atoms with Gasteiger partial charge in [-0.3, -0.25) is 4.79 Å². The number of unbranched alkanes of at least 4 members (excludes halogenated alkanes) is 11. The molecule has 0 aliphatic carbocycles. The number of benzene rings is 2. The van der Waals surface area contributed by atoms with E-state index in [1.807, 2.05) is 36.4 Å². The van der Waals surface area contributed by atoms with E-state index in [1.54, 1.807) is 12.4 Å². The lowest BCUT2D eigenvalue weighted by Gasteiger charge is -2.10. The van der Waals surface area contributed by atoms with Gasteiger partial charge in [-0.05, 0) is 42.0 Å². The number of aromatic nitrogens is 2. The number of hydrogen-bond acceptors (Lipinski definition) is 5. The summed E-state index contributed by atoms with van der Waals surface area (Å²) in [5.41, 5.74) is 3.11. The summed E-state index contributed by atoms with van der Waals surface area (Å²) in [6.45, 7) is 7.49. The Hall–Kier alpha value is -3.21. The fourth-order valence-corrected chi connectivity index (χ4v) is 5.51. The predicted molar refractivity (Wildman–Crippen MR) is 183 cm³/mol. The van der Waals surface area contributed by atoms with E-state index in [2.05, 4.69) is 42.9 Å². The van der Waals surface area contributed by atoms with Crippen LogP contribution in [0.4, 0.5) is 0 Å². The normalized spacial score (nSPS) is 11.8. The fraction of sp³-hybridized carbons (Fsp3) is 0.564. The Morgan fingerprint density at radius 3 is 1.73 bits per heavy atom. The second-order valence-corrected chi connectivity index (χ2v) is 12.3. The van der Waals surface area contributed by atoms with E-state index in [0.29, 0.717) is 30.5 Å². The first-order valence-electron chi connectivity index (χ1n) is 17.5. The zero-order chi connectivity index (χ0) is 31.2. The Kier molecular flexibility index (Phi) is 17.2. The Bertz CT molecular complexity index is 1160. The SMILES string of the molecule is CCCCCCCCCCCCOc1cnc(-c2ccc(-c3ccc(OC(=O)CCCC(C)CCCCC)cc3)cc2)nc1. The summed E-state index contributed by atoms with van der Waals surface area (Å²) in [4.78, 5) is 21.3. The van der Waals surface area contributed by atoms with Crippen molar-refractivity contribution in [1.29, 1.82) is 0 Å². The lowest BCUT2D eigenvalue weighted by molar-refractivity contribution is -0.134. The molecule has 1 unspecified atom stereocenters. The van der Waals surface area contributed by atoms with Gasteiger partial charge in [-0.15, -0.1) is 0 Å². The monoisotopic (exact) mass is 600 g/mol. The second-order valence-electron chi connectivity index (χ2n) is 12.3. The van der Waals surface area contributed by atoms with Gasteiger partial charge < -0.3 is 9.47 Å². The molecule has 0 fully saturated rings. The molecule has 44 heavy (non-hydrogen) atoms. The largest absolute Gasteiger partial charge is 0.490 e. The summed E-state index contributed by atoms with van der Waals surface area (Å²) < 4.78 is 11.4. The van der Waals surface area contributed by atoms with Gasteiger partial charge in [-0.2, -0.15) is 0 Å². The standard InChI is InChI=1S/C39H56N2O3/c1-4-6-8-9-10-11-12-13-14-16-29-43-37-30-40-39(41-31-37)35-23-21-33(22-24-35)34-25-27-36(28-26-34)44-38(42)20-17-19-32(3)18-15-7-5-2/h21-28,30-32H,4-20,29H2,1-3H3. The minimum absolute atomic E-state index is 0.155. The molecule has 240 valence electrons. The van der Waals surface area contributed by atoms with Gasteiger partial charge >= 0.3 is 5.97 Å². The van der Waals surface area contributed by atoms with Gasteiger partial charge in [-0.1, -0.05) is 147 Å². The summed E-state index contributed by atoms with van der Waals surface area (Å²) in [6, 6.07) is 15.9.